The second kappa shape index (κ2) is 5.89. The van der Waals surface area contributed by atoms with Crippen LogP contribution in [0, 0.1) is 0 Å². The highest BCUT2D eigenvalue weighted by Gasteiger charge is 2.47. The van der Waals surface area contributed by atoms with Gasteiger partial charge in [-0.05, 0) is 25.7 Å². The fourth-order valence-electron chi connectivity index (χ4n) is 2.71. The number of nitrogens with zero attached hydrogens (tertiary/aromatic N) is 1. The molecule has 0 spiro atoms. The molecule has 2 heterocycles. The number of nitrogens with one attached hydrogen (secondary N) is 1. The highest BCUT2D eigenvalue weighted by molar-refractivity contribution is 5.68. The molecule has 0 radical (unpaired) electrons. The van der Waals surface area contributed by atoms with Gasteiger partial charge in [-0.1, -0.05) is 13.3 Å². The molecule has 0 aromatic carbocycles. The van der Waals surface area contributed by atoms with Gasteiger partial charge in [0.2, 0.25) is 0 Å². The Kier molecular flexibility index (Phi) is 4.45. The van der Waals surface area contributed by atoms with Crippen LogP contribution in [0.5, 0.6) is 0 Å². The molecule has 0 aliphatic carbocycles. The van der Waals surface area contributed by atoms with E-state index in [1.807, 2.05) is 0 Å². The molecule has 0 bridgehead atoms. The second-order valence-corrected chi connectivity index (χ2v) is 5.38. The molecule has 5 nitrogen and oxygen atoms in total. The van der Waals surface area contributed by atoms with Gasteiger partial charge in [0.1, 0.15) is 5.60 Å². The van der Waals surface area contributed by atoms with E-state index in [1.54, 1.807) is 4.90 Å². The van der Waals surface area contributed by atoms with Gasteiger partial charge in [0.25, 0.3) is 0 Å². The van der Waals surface area contributed by atoms with Gasteiger partial charge in [-0.3, -0.25) is 0 Å². The van der Waals surface area contributed by atoms with Gasteiger partial charge < -0.3 is 20.1 Å². The number of unbranched alkanes of at least 4 members (excludes halogenated alkanes) is 1. The van der Waals surface area contributed by atoms with E-state index in [1.165, 1.54) is 0 Å². The van der Waals surface area contributed by atoms with Crippen molar-refractivity contribution in [2.75, 3.05) is 26.2 Å². The van der Waals surface area contributed by atoms with Crippen molar-refractivity contribution in [1.29, 1.82) is 0 Å². The van der Waals surface area contributed by atoms with Crippen LogP contribution < -0.4 is 5.32 Å². The summed E-state index contributed by atoms with van der Waals surface area (Å²) in [4.78, 5) is 13.8. The number of rotatable bonds is 4. The SMILES string of the molecule is CCCCOC(=O)N1CCCC[C@H]1C1(O)CNC1. The van der Waals surface area contributed by atoms with E-state index >= 15 is 0 Å². The van der Waals surface area contributed by atoms with Crippen LogP contribution in [0.2, 0.25) is 0 Å². The number of carbonyl (C=O) groups is 1. The third-order valence-electron chi connectivity index (χ3n) is 3.94. The number of ether oxygens (including phenoxy) is 1. The van der Waals surface area contributed by atoms with Crippen LogP contribution in [0.15, 0.2) is 0 Å². The number of carbonyl (C=O) groups excluding carboxylic acids is 1. The summed E-state index contributed by atoms with van der Waals surface area (Å²) >= 11 is 0. The summed E-state index contributed by atoms with van der Waals surface area (Å²) in [5.74, 6) is 0. The number of β-amino-alcohol motifs (C(OH)–C–C–N with tert-alkyl or cyclic N) is 1. The van der Waals surface area contributed by atoms with Crippen molar-refractivity contribution in [3.63, 3.8) is 0 Å². The Balaban J connectivity index is 1.92. The third kappa shape index (κ3) is 2.78. The molecule has 1 amide bonds. The molecule has 0 saturated carbocycles. The van der Waals surface area contributed by atoms with Gasteiger partial charge in [0, 0.05) is 19.6 Å². The smallest absolute Gasteiger partial charge is 0.410 e. The average Bonchev–Trinajstić information content (AvgIpc) is 2.36. The highest BCUT2D eigenvalue weighted by atomic mass is 16.6. The molecule has 1 atom stereocenters. The Morgan fingerprint density at radius 1 is 1.50 bits per heavy atom. The van der Waals surface area contributed by atoms with Gasteiger partial charge in [-0.25, -0.2) is 4.79 Å². The maximum absolute atomic E-state index is 12.0. The summed E-state index contributed by atoms with van der Waals surface area (Å²) in [5.41, 5.74) is -0.746. The van der Waals surface area contributed by atoms with Crippen LogP contribution in [-0.4, -0.2) is 54.0 Å². The maximum atomic E-state index is 12.0. The summed E-state index contributed by atoms with van der Waals surface area (Å²) in [6, 6.07) is -0.0818. The monoisotopic (exact) mass is 256 g/mol. The number of hydrogen-bond donors (Lipinski definition) is 2. The zero-order chi connectivity index (χ0) is 13.0. The zero-order valence-electron chi connectivity index (χ0n) is 11.2. The lowest BCUT2D eigenvalue weighted by atomic mass is 9.82. The van der Waals surface area contributed by atoms with Gasteiger partial charge in [-0.15, -0.1) is 0 Å². The van der Waals surface area contributed by atoms with Crippen LogP contribution in [0.25, 0.3) is 0 Å². The zero-order valence-corrected chi connectivity index (χ0v) is 11.2. The molecule has 2 N–H and O–H groups in total. The molecule has 2 aliphatic rings. The lowest BCUT2D eigenvalue weighted by molar-refractivity contribution is -0.0892. The molecule has 2 aliphatic heterocycles. The minimum absolute atomic E-state index is 0.0818. The number of piperidine rings is 1. The van der Waals surface area contributed by atoms with Crippen molar-refractivity contribution in [2.45, 2.75) is 50.7 Å². The highest BCUT2D eigenvalue weighted by Crippen LogP contribution is 2.29. The number of amides is 1. The van der Waals surface area contributed by atoms with Crippen LogP contribution in [-0.2, 0) is 4.74 Å². The Hall–Kier alpha value is -0.810. The molecule has 2 saturated heterocycles. The van der Waals surface area contributed by atoms with Gasteiger partial charge in [0.05, 0.1) is 12.6 Å². The second-order valence-electron chi connectivity index (χ2n) is 5.38. The summed E-state index contributed by atoms with van der Waals surface area (Å²) in [7, 11) is 0. The van der Waals surface area contributed by atoms with Gasteiger partial charge >= 0.3 is 6.09 Å². The predicted molar refractivity (Wildman–Crippen MR) is 68.4 cm³/mol. The first-order chi connectivity index (χ1) is 8.67. The normalized spacial score (nSPS) is 26.6. The first kappa shape index (κ1) is 13.6. The first-order valence-corrected chi connectivity index (χ1v) is 7.04. The van der Waals surface area contributed by atoms with Crippen molar-refractivity contribution in [1.82, 2.24) is 10.2 Å². The molecule has 0 aromatic heterocycles. The Morgan fingerprint density at radius 2 is 2.28 bits per heavy atom. The van der Waals surface area contributed by atoms with Crippen molar-refractivity contribution in [2.24, 2.45) is 0 Å². The van der Waals surface area contributed by atoms with Gasteiger partial charge in [-0.2, -0.15) is 0 Å². The first-order valence-electron chi connectivity index (χ1n) is 7.04. The Labute approximate surface area is 108 Å². The lowest BCUT2D eigenvalue weighted by Crippen LogP contribution is -2.71. The minimum Gasteiger partial charge on any atom is -0.449 e. The van der Waals surface area contributed by atoms with E-state index in [4.69, 9.17) is 4.74 Å². The number of hydrogen-bond acceptors (Lipinski definition) is 4. The summed E-state index contributed by atoms with van der Waals surface area (Å²) < 4.78 is 5.27. The fraction of sp³-hybridized carbons (Fsp3) is 0.923. The summed E-state index contributed by atoms with van der Waals surface area (Å²) in [5, 5.41) is 13.5. The molecular formula is C13H24N2O3. The van der Waals surface area contributed by atoms with Crippen molar-refractivity contribution >= 4 is 6.09 Å². The van der Waals surface area contributed by atoms with Crippen LogP contribution in [0.3, 0.4) is 0 Å². The Morgan fingerprint density at radius 3 is 2.89 bits per heavy atom. The molecule has 2 fully saturated rings. The molecule has 0 aromatic rings. The quantitative estimate of drug-likeness (QED) is 0.740. The molecule has 0 unspecified atom stereocenters. The van der Waals surface area contributed by atoms with E-state index in [0.717, 1.165) is 32.1 Å². The molecule has 104 valence electrons. The van der Waals surface area contributed by atoms with Crippen LogP contribution >= 0.6 is 0 Å². The average molecular weight is 256 g/mol. The summed E-state index contributed by atoms with van der Waals surface area (Å²) in [6.45, 7) is 4.42. The van der Waals surface area contributed by atoms with Crippen molar-refractivity contribution in [3.05, 3.63) is 0 Å². The summed E-state index contributed by atoms with van der Waals surface area (Å²) in [6.07, 6.45) is 4.62. The molecule has 2 rings (SSSR count). The topological polar surface area (TPSA) is 61.8 Å². The minimum atomic E-state index is -0.746. The maximum Gasteiger partial charge on any atom is 0.410 e. The predicted octanol–water partition coefficient (Wildman–Crippen LogP) is 1.11. The number of likely N-dealkylation sites (tertiary alicyclic amines) is 1. The third-order valence-corrected chi connectivity index (χ3v) is 3.94. The fourth-order valence-corrected chi connectivity index (χ4v) is 2.71. The van der Waals surface area contributed by atoms with Crippen LogP contribution in [0.4, 0.5) is 4.79 Å². The standard InChI is InChI=1S/C13H24N2O3/c1-2-3-8-18-12(16)15-7-5-4-6-11(15)13(17)9-14-10-13/h11,14,17H,2-10H2,1H3/t11-/m0/s1. The van der Waals surface area contributed by atoms with E-state index in [9.17, 15) is 9.90 Å². The van der Waals surface area contributed by atoms with Crippen molar-refractivity contribution < 1.29 is 14.6 Å². The van der Waals surface area contributed by atoms with E-state index in [-0.39, 0.29) is 12.1 Å². The van der Waals surface area contributed by atoms with Crippen LogP contribution in [0.1, 0.15) is 39.0 Å². The largest absolute Gasteiger partial charge is 0.449 e. The Bertz CT molecular complexity index is 292. The van der Waals surface area contributed by atoms with Gasteiger partial charge in [0.15, 0.2) is 0 Å². The van der Waals surface area contributed by atoms with E-state index in [0.29, 0.717) is 26.2 Å². The van der Waals surface area contributed by atoms with E-state index in [2.05, 4.69) is 12.2 Å². The molecule has 18 heavy (non-hydrogen) atoms. The lowest BCUT2D eigenvalue weighted by Gasteiger charge is -2.49. The number of aliphatic hydroxyl groups is 1. The molecular weight excluding hydrogens is 232 g/mol. The molecule has 5 heteroatoms. The van der Waals surface area contributed by atoms with E-state index < -0.39 is 5.60 Å². The van der Waals surface area contributed by atoms with Crippen molar-refractivity contribution in [3.8, 4) is 0 Å².